The fraction of sp³-hybridized carbons (Fsp3) is 0.400. The van der Waals surface area contributed by atoms with Gasteiger partial charge in [-0.3, -0.25) is 0 Å². The minimum Gasteiger partial charge on any atom is -0.242 e. The fourth-order valence-electron chi connectivity index (χ4n) is 1.21. The minimum atomic E-state index is -2.95. The zero-order valence-electron chi connectivity index (χ0n) is 8.69. The van der Waals surface area contributed by atoms with E-state index in [4.69, 9.17) is 5.26 Å². The second-order valence-corrected chi connectivity index (χ2v) is 5.69. The molecule has 1 aromatic heterocycles. The van der Waals surface area contributed by atoms with Gasteiger partial charge in [0.25, 0.3) is 0 Å². The molecule has 15 heavy (non-hydrogen) atoms. The Morgan fingerprint density at radius 1 is 1.47 bits per heavy atom. The van der Waals surface area contributed by atoms with Crippen LogP contribution in [0, 0.1) is 18.3 Å². The summed E-state index contributed by atoms with van der Waals surface area (Å²) in [6.07, 6.45) is 1.66. The highest BCUT2D eigenvalue weighted by Gasteiger charge is 2.06. The highest BCUT2D eigenvalue weighted by molar-refractivity contribution is 7.90. The largest absolute Gasteiger partial charge is 0.242 e. The summed E-state index contributed by atoms with van der Waals surface area (Å²) in [5, 5.41) is 8.60. The molecule has 4 nitrogen and oxygen atoms in total. The molecule has 0 aromatic carbocycles. The minimum absolute atomic E-state index is 0.113. The van der Waals surface area contributed by atoms with Gasteiger partial charge in [-0.1, -0.05) is 6.07 Å². The van der Waals surface area contributed by atoms with Crippen LogP contribution in [-0.2, 0) is 16.3 Å². The molecule has 0 radical (unpaired) electrons. The molecule has 0 aliphatic rings. The van der Waals surface area contributed by atoms with Crippen LogP contribution in [0.1, 0.15) is 17.0 Å². The van der Waals surface area contributed by atoms with Gasteiger partial charge in [0.1, 0.15) is 21.6 Å². The number of pyridine rings is 1. The summed E-state index contributed by atoms with van der Waals surface area (Å²) in [7, 11) is -2.95. The smallest absolute Gasteiger partial charge is 0.147 e. The highest BCUT2D eigenvalue weighted by atomic mass is 32.2. The summed E-state index contributed by atoms with van der Waals surface area (Å²) < 4.78 is 21.9. The maximum Gasteiger partial charge on any atom is 0.147 e. The molecule has 0 atom stereocenters. The van der Waals surface area contributed by atoms with Crippen LogP contribution in [-0.4, -0.2) is 25.4 Å². The summed E-state index contributed by atoms with van der Waals surface area (Å²) in [4.78, 5) is 4.04. The van der Waals surface area contributed by atoms with E-state index in [0.717, 1.165) is 11.3 Å². The Kier molecular flexibility index (Phi) is 3.43. The lowest BCUT2D eigenvalue weighted by atomic mass is 10.1. The monoisotopic (exact) mass is 224 g/mol. The quantitative estimate of drug-likeness (QED) is 0.763. The van der Waals surface area contributed by atoms with E-state index < -0.39 is 9.84 Å². The number of rotatable bonds is 3. The molecular formula is C10H12N2O2S. The van der Waals surface area contributed by atoms with Crippen LogP contribution in [0.3, 0.4) is 0 Å². The number of nitrogens with zero attached hydrogens (tertiary/aromatic N) is 2. The van der Waals surface area contributed by atoms with E-state index in [9.17, 15) is 8.42 Å². The van der Waals surface area contributed by atoms with Crippen LogP contribution >= 0.6 is 0 Å². The van der Waals surface area contributed by atoms with Gasteiger partial charge in [0.2, 0.25) is 0 Å². The van der Waals surface area contributed by atoms with Gasteiger partial charge >= 0.3 is 0 Å². The molecule has 0 saturated heterocycles. The molecule has 1 heterocycles. The summed E-state index contributed by atoms with van der Waals surface area (Å²) in [5.74, 6) is 0.113. The van der Waals surface area contributed by atoms with Gasteiger partial charge in [-0.25, -0.2) is 13.4 Å². The average Bonchev–Trinajstić information content (AvgIpc) is 2.14. The third-order valence-corrected chi connectivity index (χ3v) is 3.00. The molecule has 80 valence electrons. The van der Waals surface area contributed by atoms with Crippen molar-refractivity contribution >= 4 is 9.84 Å². The van der Waals surface area contributed by atoms with Crippen molar-refractivity contribution in [2.24, 2.45) is 0 Å². The second kappa shape index (κ2) is 4.41. The van der Waals surface area contributed by atoms with Crippen molar-refractivity contribution in [1.29, 1.82) is 5.26 Å². The molecule has 0 aliphatic carbocycles. The Balaban J connectivity index is 2.85. The Morgan fingerprint density at radius 3 is 2.60 bits per heavy atom. The van der Waals surface area contributed by atoms with Crippen molar-refractivity contribution in [3.05, 3.63) is 29.1 Å². The van der Waals surface area contributed by atoms with E-state index in [2.05, 4.69) is 4.98 Å². The highest BCUT2D eigenvalue weighted by Crippen LogP contribution is 2.08. The van der Waals surface area contributed by atoms with Gasteiger partial charge < -0.3 is 0 Å². The van der Waals surface area contributed by atoms with E-state index in [0.29, 0.717) is 12.1 Å². The Labute approximate surface area is 89.5 Å². The molecule has 0 bridgehead atoms. The predicted molar refractivity (Wildman–Crippen MR) is 57.1 cm³/mol. The molecule has 0 unspecified atom stereocenters. The van der Waals surface area contributed by atoms with Gasteiger partial charge in [-0.2, -0.15) is 5.26 Å². The molecule has 0 aliphatic heterocycles. The van der Waals surface area contributed by atoms with Crippen molar-refractivity contribution in [1.82, 2.24) is 4.98 Å². The van der Waals surface area contributed by atoms with Crippen molar-refractivity contribution in [3.8, 4) is 6.07 Å². The van der Waals surface area contributed by atoms with Crippen molar-refractivity contribution in [2.45, 2.75) is 13.3 Å². The first kappa shape index (κ1) is 11.7. The maximum atomic E-state index is 11.0. The number of hydrogen-bond acceptors (Lipinski definition) is 4. The summed E-state index contributed by atoms with van der Waals surface area (Å²) in [6.45, 7) is 1.78. The van der Waals surface area contributed by atoms with Crippen molar-refractivity contribution in [2.75, 3.05) is 12.0 Å². The molecule has 0 fully saturated rings. The predicted octanol–water partition coefficient (Wildman–Crippen LogP) is 0.849. The molecule has 0 spiro atoms. The van der Waals surface area contributed by atoms with Gasteiger partial charge in [0.15, 0.2) is 0 Å². The van der Waals surface area contributed by atoms with Gasteiger partial charge in [-0.05, 0) is 25.0 Å². The van der Waals surface area contributed by atoms with Crippen LogP contribution in [0.5, 0.6) is 0 Å². The summed E-state index contributed by atoms with van der Waals surface area (Å²) in [6, 6.07) is 5.30. The first-order valence-electron chi connectivity index (χ1n) is 4.47. The van der Waals surface area contributed by atoms with Gasteiger partial charge in [0.05, 0.1) is 5.75 Å². The van der Waals surface area contributed by atoms with E-state index in [1.54, 1.807) is 19.1 Å². The van der Waals surface area contributed by atoms with Crippen LogP contribution in [0.4, 0.5) is 0 Å². The Morgan fingerprint density at radius 2 is 2.13 bits per heavy atom. The number of aromatic nitrogens is 1. The van der Waals surface area contributed by atoms with Crippen LogP contribution in [0.2, 0.25) is 0 Å². The SMILES string of the molecule is Cc1nc(C#N)ccc1CCS(C)(=O)=O. The molecule has 1 rings (SSSR count). The molecular weight excluding hydrogens is 212 g/mol. The number of aryl methyl sites for hydroxylation is 2. The standard InChI is InChI=1S/C10H12N2O2S/c1-8-9(5-6-15(2,13)14)3-4-10(7-11)12-8/h3-4H,5-6H2,1-2H3. The van der Waals surface area contributed by atoms with Crippen molar-refractivity contribution in [3.63, 3.8) is 0 Å². The zero-order valence-corrected chi connectivity index (χ0v) is 9.50. The van der Waals surface area contributed by atoms with E-state index in [1.807, 2.05) is 6.07 Å². The van der Waals surface area contributed by atoms with Crippen LogP contribution < -0.4 is 0 Å². The van der Waals surface area contributed by atoms with Gasteiger partial charge in [0, 0.05) is 11.9 Å². The van der Waals surface area contributed by atoms with E-state index in [-0.39, 0.29) is 5.75 Å². The van der Waals surface area contributed by atoms with E-state index in [1.165, 1.54) is 6.26 Å². The van der Waals surface area contributed by atoms with Gasteiger partial charge in [-0.15, -0.1) is 0 Å². The average molecular weight is 224 g/mol. The molecule has 0 N–H and O–H groups in total. The maximum absolute atomic E-state index is 11.0. The first-order chi connectivity index (χ1) is 6.92. The lowest BCUT2D eigenvalue weighted by Gasteiger charge is -2.03. The molecule has 0 amide bonds. The van der Waals surface area contributed by atoms with Crippen LogP contribution in [0.15, 0.2) is 12.1 Å². The third kappa shape index (κ3) is 3.68. The lowest BCUT2D eigenvalue weighted by molar-refractivity contribution is 0.601. The topological polar surface area (TPSA) is 70.8 Å². The number of nitriles is 1. The summed E-state index contributed by atoms with van der Waals surface area (Å²) in [5.41, 5.74) is 1.95. The zero-order chi connectivity index (χ0) is 11.5. The molecule has 1 aromatic rings. The normalized spacial score (nSPS) is 11.0. The van der Waals surface area contributed by atoms with E-state index >= 15 is 0 Å². The number of sulfone groups is 1. The molecule has 0 saturated carbocycles. The van der Waals surface area contributed by atoms with Crippen LogP contribution in [0.25, 0.3) is 0 Å². The Hall–Kier alpha value is -1.41. The fourth-order valence-corrected chi connectivity index (χ4v) is 1.80. The molecule has 5 heteroatoms. The second-order valence-electron chi connectivity index (χ2n) is 3.43. The summed E-state index contributed by atoms with van der Waals surface area (Å²) >= 11 is 0. The third-order valence-electron chi connectivity index (χ3n) is 2.05. The Bertz CT molecular complexity index is 501. The lowest BCUT2D eigenvalue weighted by Crippen LogP contribution is -2.07. The van der Waals surface area contributed by atoms with Crippen molar-refractivity contribution < 1.29 is 8.42 Å². The first-order valence-corrected chi connectivity index (χ1v) is 6.53. The number of hydrogen-bond donors (Lipinski definition) is 0.